The van der Waals surface area contributed by atoms with Crippen molar-refractivity contribution in [3.63, 3.8) is 0 Å². The molecule has 1 aromatic rings. The molecule has 0 amide bonds. The molecule has 0 aromatic heterocycles. The standard InChI is InChI=1S/C13H19FO4/c1-13(15,12(17-3)18-4)8-9-5-6-11(16-2)10(14)7-9/h5-7,12,15H,8H2,1-4H3. The highest BCUT2D eigenvalue weighted by atomic mass is 19.1. The Kier molecular flexibility index (Phi) is 5.07. The molecular weight excluding hydrogens is 239 g/mol. The summed E-state index contributed by atoms with van der Waals surface area (Å²) in [4.78, 5) is 0. The van der Waals surface area contributed by atoms with E-state index >= 15 is 0 Å². The third kappa shape index (κ3) is 3.41. The lowest BCUT2D eigenvalue weighted by Crippen LogP contribution is -2.43. The van der Waals surface area contributed by atoms with Crippen LogP contribution in [0.25, 0.3) is 0 Å². The van der Waals surface area contributed by atoms with Gasteiger partial charge in [0.25, 0.3) is 0 Å². The van der Waals surface area contributed by atoms with Crippen LogP contribution in [0.4, 0.5) is 4.39 Å². The molecule has 0 bridgehead atoms. The predicted molar refractivity (Wildman–Crippen MR) is 65.1 cm³/mol. The van der Waals surface area contributed by atoms with Gasteiger partial charge in [-0.15, -0.1) is 0 Å². The van der Waals surface area contributed by atoms with Crippen molar-refractivity contribution in [2.24, 2.45) is 0 Å². The van der Waals surface area contributed by atoms with E-state index in [1.807, 2.05) is 0 Å². The van der Waals surface area contributed by atoms with Crippen molar-refractivity contribution in [1.82, 2.24) is 0 Å². The highest BCUT2D eigenvalue weighted by Crippen LogP contribution is 2.23. The summed E-state index contributed by atoms with van der Waals surface area (Å²) in [7, 11) is 4.29. The second-order valence-electron chi connectivity index (χ2n) is 4.31. The molecule has 0 fully saturated rings. The van der Waals surface area contributed by atoms with Crippen molar-refractivity contribution < 1.29 is 23.7 Å². The molecule has 0 saturated heterocycles. The van der Waals surface area contributed by atoms with E-state index in [1.165, 1.54) is 33.5 Å². The zero-order valence-electron chi connectivity index (χ0n) is 11.1. The van der Waals surface area contributed by atoms with Gasteiger partial charge in [-0.2, -0.15) is 0 Å². The van der Waals surface area contributed by atoms with Crippen molar-refractivity contribution in [2.75, 3.05) is 21.3 Å². The van der Waals surface area contributed by atoms with Crippen LogP contribution in [-0.4, -0.2) is 38.3 Å². The Balaban J connectivity index is 2.86. The molecule has 5 heteroatoms. The molecule has 0 aliphatic carbocycles. The normalized spacial score (nSPS) is 14.6. The quantitative estimate of drug-likeness (QED) is 0.790. The lowest BCUT2D eigenvalue weighted by molar-refractivity contribution is -0.207. The van der Waals surface area contributed by atoms with Crippen molar-refractivity contribution >= 4 is 0 Å². The van der Waals surface area contributed by atoms with Crippen molar-refractivity contribution in [1.29, 1.82) is 0 Å². The van der Waals surface area contributed by atoms with Gasteiger partial charge in [0.1, 0.15) is 5.60 Å². The number of methoxy groups -OCH3 is 3. The summed E-state index contributed by atoms with van der Waals surface area (Å²) < 4.78 is 28.4. The van der Waals surface area contributed by atoms with E-state index in [4.69, 9.17) is 14.2 Å². The molecule has 0 spiro atoms. The molecular formula is C13H19FO4. The SMILES string of the molecule is COc1ccc(CC(C)(O)C(OC)OC)cc1F. The Morgan fingerprint density at radius 3 is 2.33 bits per heavy atom. The molecule has 0 heterocycles. The summed E-state index contributed by atoms with van der Waals surface area (Å²) in [5, 5.41) is 10.2. The van der Waals surface area contributed by atoms with Gasteiger partial charge in [0.15, 0.2) is 17.9 Å². The highest BCUT2D eigenvalue weighted by Gasteiger charge is 2.32. The first kappa shape index (κ1) is 14.9. The number of hydrogen-bond acceptors (Lipinski definition) is 4. The Morgan fingerprint density at radius 2 is 1.89 bits per heavy atom. The van der Waals surface area contributed by atoms with Crippen molar-refractivity contribution in [3.8, 4) is 5.75 Å². The average Bonchev–Trinajstić information content (AvgIpc) is 2.29. The summed E-state index contributed by atoms with van der Waals surface area (Å²) in [5.41, 5.74) is -0.609. The smallest absolute Gasteiger partial charge is 0.185 e. The van der Waals surface area contributed by atoms with Gasteiger partial charge in [-0.05, 0) is 24.6 Å². The van der Waals surface area contributed by atoms with Crippen LogP contribution in [0.5, 0.6) is 5.75 Å². The zero-order chi connectivity index (χ0) is 13.8. The van der Waals surface area contributed by atoms with Crippen molar-refractivity contribution in [2.45, 2.75) is 25.2 Å². The third-order valence-electron chi connectivity index (χ3n) is 2.71. The lowest BCUT2D eigenvalue weighted by atomic mass is 9.95. The number of benzene rings is 1. The summed E-state index contributed by atoms with van der Waals surface area (Å²) >= 11 is 0. The average molecular weight is 258 g/mol. The van der Waals surface area contributed by atoms with E-state index in [0.717, 1.165) is 0 Å². The summed E-state index contributed by atoms with van der Waals surface area (Å²) in [6.45, 7) is 1.58. The maximum Gasteiger partial charge on any atom is 0.185 e. The Hall–Kier alpha value is -1.17. The molecule has 18 heavy (non-hydrogen) atoms. The van der Waals surface area contributed by atoms with E-state index in [-0.39, 0.29) is 12.2 Å². The van der Waals surface area contributed by atoms with Gasteiger partial charge in [-0.25, -0.2) is 4.39 Å². The number of halogens is 1. The number of hydrogen-bond donors (Lipinski definition) is 1. The van der Waals surface area contributed by atoms with E-state index in [1.54, 1.807) is 13.0 Å². The van der Waals surface area contributed by atoms with E-state index in [9.17, 15) is 9.50 Å². The first-order valence-electron chi connectivity index (χ1n) is 5.55. The second kappa shape index (κ2) is 6.13. The molecule has 4 nitrogen and oxygen atoms in total. The number of aliphatic hydroxyl groups is 1. The van der Waals surface area contributed by atoms with Gasteiger partial charge < -0.3 is 19.3 Å². The van der Waals surface area contributed by atoms with E-state index in [2.05, 4.69) is 0 Å². The molecule has 0 aliphatic rings. The highest BCUT2D eigenvalue weighted by molar-refractivity contribution is 5.30. The maximum atomic E-state index is 13.5. The fraction of sp³-hybridized carbons (Fsp3) is 0.538. The second-order valence-corrected chi connectivity index (χ2v) is 4.31. The molecule has 0 saturated carbocycles. The first-order valence-corrected chi connectivity index (χ1v) is 5.55. The third-order valence-corrected chi connectivity index (χ3v) is 2.71. The Labute approximate surface area is 106 Å². The van der Waals surface area contributed by atoms with Gasteiger partial charge in [0.2, 0.25) is 0 Å². The van der Waals surface area contributed by atoms with Crippen molar-refractivity contribution in [3.05, 3.63) is 29.6 Å². The molecule has 102 valence electrons. The Bertz CT molecular complexity index is 389. The molecule has 0 radical (unpaired) electrons. The largest absolute Gasteiger partial charge is 0.494 e. The minimum absolute atomic E-state index is 0.174. The van der Waals surface area contributed by atoms with Crippen LogP contribution >= 0.6 is 0 Å². The molecule has 0 aliphatic heterocycles. The van der Waals surface area contributed by atoms with Gasteiger partial charge in [0, 0.05) is 20.6 Å². The first-order chi connectivity index (χ1) is 8.44. The topological polar surface area (TPSA) is 47.9 Å². The number of ether oxygens (including phenoxy) is 3. The zero-order valence-corrected chi connectivity index (χ0v) is 11.1. The van der Waals surface area contributed by atoms with Crippen LogP contribution in [0.3, 0.4) is 0 Å². The summed E-state index contributed by atoms with van der Waals surface area (Å²) in [5.74, 6) is -0.286. The molecule has 1 aromatic carbocycles. The van der Waals surface area contributed by atoms with Crippen LogP contribution in [0.15, 0.2) is 18.2 Å². The van der Waals surface area contributed by atoms with Crippen LogP contribution < -0.4 is 4.74 Å². The van der Waals surface area contributed by atoms with Crippen LogP contribution in [0.2, 0.25) is 0 Å². The number of rotatable bonds is 6. The van der Waals surface area contributed by atoms with E-state index < -0.39 is 17.7 Å². The molecule has 1 unspecified atom stereocenters. The van der Waals surface area contributed by atoms with Gasteiger partial charge in [-0.1, -0.05) is 6.07 Å². The molecule has 1 N–H and O–H groups in total. The minimum Gasteiger partial charge on any atom is -0.494 e. The predicted octanol–water partition coefficient (Wildman–Crippen LogP) is 1.75. The van der Waals surface area contributed by atoms with Gasteiger partial charge in [0.05, 0.1) is 7.11 Å². The Morgan fingerprint density at radius 1 is 1.28 bits per heavy atom. The molecule has 1 rings (SSSR count). The van der Waals surface area contributed by atoms with Crippen LogP contribution in [0.1, 0.15) is 12.5 Å². The minimum atomic E-state index is -1.25. The van der Waals surface area contributed by atoms with Gasteiger partial charge >= 0.3 is 0 Å². The van der Waals surface area contributed by atoms with Gasteiger partial charge in [-0.3, -0.25) is 0 Å². The van der Waals surface area contributed by atoms with E-state index in [0.29, 0.717) is 5.56 Å². The van der Waals surface area contributed by atoms with Crippen LogP contribution in [-0.2, 0) is 15.9 Å². The summed E-state index contributed by atoms with van der Waals surface area (Å²) in [6, 6.07) is 4.55. The van der Waals surface area contributed by atoms with Crippen LogP contribution in [0, 0.1) is 5.82 Å². The lowest BCUT2D eigenvalue weighted by Gasteiger charge is -2.30. The molecule has 1 atom stereocenters. The maximum absolute atomic E-state index is 13.5. The fourth-order valence-electron chi connectivity index (χ4n) is 1.92. The fourth-order valence-corrected chi connectivity index (χ4v) is 1.92. The monoisotopic (exact) mass is 258 g/mol. The summed E-state index contributed by atoms with van der Waals surface area (Å²) in [6.07, 6.45) is -0.567.